The van der Waals surface area contributed by atoms with Gasteiger partial charge in [0.25, 0.3) is 0 Å². The molecule has 0 aromatic heterocycles. The number of hydrogen-bond acceptors (Lipinski definition) is 0. The summed E-state index contributed by atoms with van der Waals surface area (Å²) in [6.45, 7) is 3.84. The minimum absolute atomic E-state index is 0.877. The van der Waals surface area contributed by atoms with E-state index in [1.807, 2.05) is 6.07 Å². The molecule has 0 bridgehead atoms. The molecule has 0 nitrogen and oxygen atoms in total. The van der Waals surface area contributed by atoms with E-state index in [0.29, 0.717) is 0 Å². The van der Waals surface area contributed by atoms with Crippen molar-refractivity contribution in [2.45, 2.75) is 11.8 Å². The Labute approximate surface area is 70.4 Å². The van der Waals surface area contributed by atoms with E-state index in [-0.39, 0.29) is 0 Å². The summed E-state index contributed by atoms with van der Waals surface area (Å²) in [4.78, 5) is 0. The van der Waals surface area contributed by atoms with Crippen LogP contribution in [0.2, 0.25) is 0 Å². The molecule has 0 aliphatic rings. The Hall–Kier alpha value is -0.300. The molecule has 0 aliphatic heterocycles. The van der Waals surface area contributed by atoms with Crippen LogP contribution < -0.4 is 0 Å². The summed E-state index contributed by atoms with van der Waals surface area (Å²) in [6, 6.07) is 8.33. The molecule has 0 fully saturated rings. The zero-order valence-corrected chi connectivity index (χ0v) is 7.39. The lowest BCUT2D eigenvalue weighted by Gasteiger charge is -2.01. The van der Waals surface area contributed by atoms with Gasteiger partial charge in [0.15, 0.2) is 0 Å². The van der Waals surface area contributed by atoms with Crippen molar-refractivity contribution in [2.24, 2.45) is 0 Å². The molecular formula is C9H10Br. The van der Waals surface area contributed by atoms with Crippen LogP contribution in [0.25, 0.3) is 0 Å². The van der Waals surface area contributed by atoms with Gasteiger partial charge in [0.1, 0.15) is 0 Å². The molecule has 10 heavy (non-hydrogen) atoms. The van der Waals surface area contributed by atoms with E-state index in [1.165, 1.54) is 11.1 Å². The SMILES string of the molecule is [CH2]Cc1ccccc1CBr. The first-order valence-corrected chi connectivity index (χ1v) is 4.42. The zero-order valence-electron chi connectivity index (χ0n) is 5.81. The van der Waals surface area contributed by atoms with E-state index in [9.17, 15) is 0 Å². The molecule has 1 heteroatoms. The van der Waals surface area contributed by atoms with Gasteiger partial charge in [-0.2, -0.15) is 0 Å². The van der Waals surface area contributed by atoms with E-state index in [4.69, 9.17) is 0 Å². The van der Waals surface area contributed by atoms with Crippen molar-refractivity contribution < 1.29 is 0 Å². The van der Waals surface area contributed by atoms with Crippen LogP contribution in [0.5, 0.6) is 0 Å². The molecule has 1 aromatic carbocycles. The Morgan fingerprint density at radius 3 is 2.20 bits per heavy atom. The second-order valence-electron chi connectivity index (χ2n) is 2.15. The van der Waals surface area contributed by atoms with E-state index >= 15 is 0 Å². The summed E-state index contributed by atoms with van der Waals surface area (Å²) in [5.74, 6) is 0. The van der Waals surface area contributed by atoms with Crippen LogP contribution in [0.3, 0.4) is 0 Å². The summed E-state index contributed by atoms with van der Waals surface area (Å²) in [5, 5.41) is 0.929. The van der Waals surface area contributed by atoms with Crippen LogP contribution in [0.15, 0.2) is 24.3 Å². The molecule has 0 N–H and O–H groups in total. The van der Waals surface area contributed by atoms with Gasteiger partial charge < -0.3 is 0 Å². The highest BCUT2D eigenvalue weighted by atomic mass is 79.9. The molecule has 1 radical (unpaired) electrons. The lowest BCUT2D eigenvalue weighted by Crippen LogP contribution is -1.86. The second kappa shape index (κ2) is 3.77. The van der Waals surface area contributed by atoms with Gasteiger partial charge in [0, 0.05) is 5.33 Å². The molecule has 0 aliphatic carbocycles. The average Bonchev–Trinajstić information content (AvgIpc) is 2.04. The highest BCUT2D eigenvalue weighted by Gasteiger charge is 1.94. The van der Waals surface area contributed by atoms with Crippen molar-refractivity contribution in [1.82, 2.24) is 0 Å². The molecule has 0 saturated carbocycles. The maximum atomic E-state index is 3.84. The van der Waals surface area contributed by atoms with Gasteiger partial charge in [-0.05, 0) is 24.5 Å². The van der Waals surface area contributed by atoms with E-state index < -0.39 is 0 Å². The molecule has 0 amide bonds. The lowest BCUT2D eigenvalue weighted by atomic mass is 10.1. The van der Waals surface area contributed by atoms with Crippen LogP contribution in [-0.2, 0) is 11.8 Å². The van der Waals surface area contributed by atoms with Crippen LogP contribution in [0.4, 0.5) is 0 Å². The predicted molar refractivity (Wildman–Crippen MR) is 48.1 cm³/mol. The topological polar surface area (TPSA) is 0 Å². The van der Waals surface area contributed by atoms with Gasteiger partial charge in [0.2, 0.25) is 0 Å². The monoisotopic (exact) mass is 197 g/mol. The third kappa shape index (κ3) is 1.60. The number of hydrogen-bond donors (Lipinski definition) is 0. The Bertz CT molecular complexity index is 183. The minimum Gasteiger partial charge on any atom is -0.0876 e. The number of halogens is 1. The fraction of sp³-hybridized carbons (Fsp3) is 0.222. The number of benzene rings is 1. The van der Waals surface area contributed by atoms with Crippen LogP contribution >= 0.6 is 15.9 Å². The van der Waals surface area contributed by atoms with E-state index in [2.05, 4.69) is 41.1 Å². The molecule has 0 atom stereocenters. The van der Waals surface area contributed by atoms with Crippen molar-refractivity contribution in [3.05, 3.63) is 42.3 Å². The van der Waals surface area contributed by atoms with Gasteiger partial charge in [0.05, 0.1) is 0 Å². The Morgan fingerprint density at radius 2 is 1.80 bits per heavy atom. The summed E-state index contributed by atoms with van der Waals surface area (Å²) in [6.07, 6.45) is 0.877. The van der Waals surface area contributed by atoms with Crippen LogP contribution in [0.1, 0.15) is 11.1 Å². The molecule has 53 valence electrons. The summed E-state index contributed by atoms with van der Waals surface area (Å²) in [5.41, 5.74) is 2.68. The molecular weight excluding hydrogens is 188 g/mol. The quantitative estimate of drug-likeness (QED) is 0.641. The summed E-state index contributed by atoms with van der Waals surface area (Å²) < 4.78 is 0. The zero-order chi connectivity index (χ0) is 7.40. The first-order valence-electron chi connectivity index (χ1n) is 3.30. The fourth-order valence-corrected chi connectivity index (χ4v) is 1.48. The van der Waals surface area contributed by atoms with Gasteiger partial charge in [-0.1, -0.05) is 40.2 Å². The molecule has 1 aromatic rings. The van der Waals surface area contributed by atoms with Crippen molar-refractivity contribution in [3.8, 4) is 0 Å². The summed E-state index contributed by atoms with van der Waals surface area (Å²) >= 11 is 3.42. The summed E-state index contributed by atoms with van der Waals surface area (Å²) in [7, 11) is 0. The van der Waals surface area contributed by atoms with Gasteiger partial charge in [-0.15, -0.1) is 0 Å². The average molecular weight is 198 g/mol. The molecule has 0 heterocycles. The maximum Gasteiger partial charge on any atom is 0.0285 e. The highest BCUT2D eigenvalue weighted by Crippen LogP contribution is 2.11. The second-order valence-corrected chi connectivity index (χ2v) is 2.71. The smallest absolute Gasteiger partial charge is 0.0285 e. The first kappa shape index (κ1) is 7.80. The normalized spacial score (nSPS) is 9.80. The van der Waals surface area contributed by atoms with Crippen LogP contribution in [-0.4, -0.2) is 0 Å². The predicted octanol–water partition coefficient (Wildman–Crippen LogP) is 2.96. The third-order valence-electron chi connectivity index (χ3n) is 1.53. The van der Waals surface area contributed by atoms with E-state index in [0.717, 1.165) is 11.8 Å². The lowest BCUT2D eigenvalue weighted by molar-refractivity contribution is 1.20. The van der Waals surface area contributed by atoms with Gasteiger partial charge >= 0.3 is 0 Å². The minimum atomic E-state index is 0.877. The number of rotatable bonds is 2. The van der Waals surface area contributed by atoms with Crippen LogP contribution in [0, 0.1) is 6.92 Å². The standard InChI is InChI=1S/C9H10Br/c1-2-8-5-3-4-6-9(8)7-10/h3-6H,1-2,7H2. The van der Waals surface area contributed by atoms with Crippen molar-refractivity contribution in [2.75, 3.05) is 0 Å². The molecule has 0 saturated heterocycles. The van der Waals surface area contributed by atoms with Gasteiger partial charge in [-0.25, -0.2) is 0 Å². The Morgan fingerprint density at radius 1 is 1.20 bits per heavy atom. The van der Waals surface area contributed by atoms with Crippen molar-refractivity contribution in [1.29, 1.82) is 0 Å². The number of alkyl halides is 1. The fourth-order valence-electron chi connectivity index (χ4n) is 0.932. The van der Waals surface area contributed by atoms with Gasteiger partial charge in [-0.3, -0.25) is 0 Å². The Balaban J connectivity index is 2.96. The van der Waals surface area contributed by atoms with Crippen molar-refractivity contribution >= 4 is 15.9 Å². The maximum absolute atomic E-state index is 3.84. The largest absolute Gasteiger partial charge is 0.0876 e. The van der Waals surface area contributed by atoms with E-state index in [1.54, 1.807) is 0 Å². The molecule has 1 rings (SSSR count). The molecule has 0 spiro atoms. The highest BCUT2D eigenvalue weighted by molar-refractivity contribution is 9.08. The third-order valence-corrected chi connectivity index (χ3v) is 2.14. The first-order chi connectivity index (χ1) is 4.88. The Kier molecular flexibility index (Phi) is 2.94. The molecule has 0 unspecified atom stereocenters. The van der Waals surface area contributed by atoms with Crippen molar-refractivity contribution in [3.63, 3.8) is 0 Å².